The molecule has 3 heterocycles. The molecule has 29 heavy (non-hydrogen) atoms. The maximum atomic E-state index is 13.0. The monoisotopic (exact) mass is 396 g/mol. The smallest absolute Gasteiger partial charge is 0.320 e. The predicted octanol–water partition coefficient (Wildman–Crippen LogP) is 6.34. The second-order valence-electron chi connectivity index (χ2n) is 8.24. The van der Waals surface area contributed by atoms with E-state index in [4.69, 9.17) is 0 Å². The average molecular weight is 396 g/mol. The zero-order valence-electron chi connectivity index (χ0n) is 16.3. The van der Waals surface area contributed by atoms with Crippen LogP contribution in [0.5, 0.6) is 0 Å². The van der Waals surface area contributed by atoms with Crippen molar-refractivity contribution in [2.75, 3.05) is 0 Å². The van der Waals surface area contributed by atoms with Crippen LogP contribution in [-0.2, 0) is 12.6 Å². The fourth-order valence-corrected chi connectivity index (χ4v) is 4.89. The van der Waals surface area contributed by atoms with E-state index < -0.39 is 11.7 Å². The van der Waals surface area contributed by atoms with E-state index in [1.165, 1.54) is 47.2 Å². The number of halogens is 3. The molecule has 2 aliphatic heterocycles. The number of fused-ring (bicyclic) bond motifs is 6. The van der Waals surface area contributed by atoms with Crippen LogP contribution < -0.4 is 5.32 Å². The first-order valence-electron chi connectivity index (χ1n) is 10.1. The highest BCUT2D eigenvalue weighted by molar-refractivity contribution is 5.90. The summed E-state index contributed by atoms with van der Waals surface area (Å²) in [6, 6.07) is 12.8. The van der Waals surface area contributed by atoms with Gasteiger partial charge in [0.25, 0.3) is 0 Å². The summed E-state index contributed by atoms with van der Waals surface area (Å²) in [4.78, 5) is 0. The molecule has 2 aromatic carbocycles. The fraction of sp³-hybridized carbons (Fsp3) is 0.333. The van der Waals surface area contributed by atoms with E-state index in [0.29, 0.717) is 17.6 Å². The lowest BCUT2D eigenvalue weighted by molar-refractivity contribution is -0.137. The Morgan fingerprint density at radius 2 is 1.97 bits per heavy atom. The minimum Gasteiger partial charge on any atom is -0.320 e. The summed E-state index contributed by atoms with van der Waals surface area (Å²) >= 11 is 0. The quantitative estimate of drug-likeness (QED) is 0.535. The SMILES string of the molecule is Cc1ccc2c(c1)c1c(n2C=Cc2cccc(C(F)(F)F)c2)CC2CCCC1N2. The molecule has 2 unspecified atom stereocenters. The number of nitrogens with zero attached hydrogens (tertiary/aromatic N) is 1. The summed E-state index contributed by atoms with van der Waals surface area (Å²) in [5.41, 5.74) is 4.94. The number of alkyl halides is 3. The Kier molecular flexibility index (Phi) is 4.32. The lowest BCUT2D eigenvalue weighted by Crippen LogP contribution is -2.42. The van der Waals surface area contributed by atoms with Crippen molar-refractivity contribution in [2.24, 2.45) is 0 Å². The van der Waals surface area contributed by atoms with Gasteiger partial charge < -0.3 is 9.88 Å². The molecular formula is C24H23F3N2. The largest absolute Gasteiger partial charge is 0.416 e. The third-order valence-electron chi connectivity index (χ3n) is 6.20. The summed E-state index contributed by atoms with van der Waals surface area (Å²) in [7, 11) is 0. The normalized spacial score (nSPS) is 21.7. The molecule has 2 bridgehead atoms. The van der Waals surface area contributed by atoms with Gasteiger partial charge in [0.05, 0.1) is 11.1 Å². The van der Waals surface area contributed by atoms with Crippen LogP contribution in [-0.4, -0.2) is 10.6 Å². The number of benzene rings is 2. The van der Waals surface area contributed by atoms with E-state index in [1.807, 2.05) is 6.20 Å². The van der Waals surface area contributed by atoms with Gasteiger partial charge in [-0.3, -0.25) is 0 Å². The van der Waals surface area contributed by atoms with E-state index in [1.54, 1.807) is 12.1 Å². The Bertz CT molecular complexity index is 1110. The Hall–Kier alpha value is -2.53. The maximum Gasteiger partial charge on any atom is 0.416 e. The first-order valence-corrected chi connectivity index (χ1v) is 10.1. The van der Waals surface area contributed by atoms with E-state index in [2.05, 4.69) is 35.0 Å². The van der Waals surface area contributed by atoms with Gasteiger partial charge in [-0.05, 0) is 67.7 Å². The molecule has 1 fully saturated rings. The molecule has 5 heteroatoms. The fourth-order valence-electron chi connectivity index (χ4n) is 4.89. The van der Waals surface area contributed by atoms with Crippen LogP contribution in [0.15, 0.2) is 42.5 Å². The second-order valence-corrected chi connectivity index (χ2v) is 8.24. The molecule has 1 aromatic heterocycles. The van der Waals surface area contributed by atoms with E-state index in [-0.39, 0.29) is 0 Å². The molecule has 2 atom stereocenters. The third kappa shape index (κ3) is 3.27. The molecule has 1 N–H and O–H groups in total. The number of nitrogens with one attached hydrogen (secondary N) is 1. The number of aryl methyl sites for hydroxylation is 1. The lowest BCUT2D eigenvalue weighted by atomic mass is 9.84. The summed E-state index contributed by atoms with van der Waals surface area (Å²) in [5.74, 6) is 0. The van der Waals surface area contributed by atoms with Crippen molar-refractivity contribution in [3.05, 3.63) is 70.4 Å². The third-order valence-corrected chi connectivity index (χ3v) is 6.20. The molecule has 2 nitrogen and oxygen atoms in total. The summed E-state index contributed by atoms with van der Waals surface area (Å²) in [6.07, 6.45) is 3.89. The molecule has 0 spiro atoms. The first-order chi connectivity index (χ1) is 13.9. The van der Waals surface area contributed by atoms with Crippen molar-refractivity contribution in [1.82, 2.24) is 9.88 Å². The van der Waals surface area contributed by atoms with Gasteiger partial charge in [0.15, 0.2) is 0 Å². The van der Waals surface area contributed by atoms with Gasteiger partial charge in [-0.15, -0.1) is 0 Å². The van der Waals surface area contributed by atoms with Gasteiger partial charge in [0.1, 0.15) is 0 Å². The van der Waals surface area contributed by atoms with Gasteiger partial charge >= 0.3 is 6.18 Å². The summed E-state index contributed by atoms with van der Waals surface area (Å²) in [6.45, 7) is 2.10. The second kappa shape index (κ2) is 6.77. The Morgan fingerprint density at radius 3 is 2.79 bits per heavy atom. The minimum atomic E-state index is -4.33. The van der Waals surface area contributed by atoms with Crippen molar-refractivity contribution in [3.63, 3.8) is 0 Å². The van der Waals surface area contributed by atoms with Crippen molar-refractivity contribution in [1.29, 1.82) is 0 Å². The van der Waals surface area contributed by atoms with Crippen molar-refractivity contribution >= 4 is 23.2 Å². The summed E-state index contributed by atoms with van der Waals surface area (Å²) in [5, 5.41) is 5.03. The highest BCUT2D eigenvalue weighted by Gasteiger charge is 2.34. The molecule has 0 aliphatic carbocycles. The van der Waals surface area contributed by atoms with Gasteiger partial charge in [-0.25, -0.2) is 0 Å². The molecular weight excluding hydrogens is 373 g/mol. The lowest BCUT2D eigenvalue weighted by Gasteiger charge is -2.36. The first kappa shape index (κ1) is 18.5. The zero-order chi connectivity index (χ0) is 20.2. The number of rotatable bonds is 2. The van der Waals surface area contributed by atoms with Crippen LogP contribution in [0.4, 0.5) is 13.2 Å². The van der Waals surface area contributed by atoms with Gasteiger partial charge in [0.2, 0.25) is 0 Å². The topological polar surface area (TPSA) is 17.0 Å². The van der Waals surface area contributed by atoms with Crippen LogP contribution in [0, 0.1) is 6.92 Å². The molecule has 0 radical (unpaired) electrons. The zero-order valence-corrected chi connectivity index (χ0v) is 16.3. The molecule has 5 rings (SSSR count). The Labute approximate surface area is 168 Å². The maximum absolute atomic E-state index is 13.0. The van der Waals surface area contributed by atoms with E-state index >= 15 is 0 Å². The van der Waals surface area contributed by atoms with Gasteiger partial charge in [0, 0.05) is 35.8 Å². The molecule has 0 saturated carbocycles. The van der Waals surface area contributed by atoms with Gasteiger partial charge in [-0.2, -0.15) is 13.2 Å². The molecule has 1 saturated heterocycles. The van der Waals surface area contributed by atoms with E-state index in [9.17, 15) is 13.2 Å². The highest BCUT2D eigenvalue weighted by Crippen LogP contribution is 2.41. The van der Waals surface area contributed by atoms with Crippen LogP contribution >= 0.6 is 0 Å². The molecule has 150 valence electrons. The van der Waals surface area contributed by atoms with Crippen molar-refractivity contribution in [3.8, 4) is 0 Å². The Morgan fingerprint density at radius 1 is 1.10 bits per heavy atom. The standard InChI is InChI=1S/C24H23F3N2/c1-15-8-9-21-19(12-15)23-20-7-3-6-18(28-20)14-22(23)29(21)11-10-16-4-2-5-17(13-16)24(25,26)27/h2,4-5,8-13,18,20,28H,3,6-7,14H2,1H3. The van der Waals surface area contributed by atoms with Crippen LogP contribution in [0.3, 0.4) is 0 Å². The van der Waals surface area contributed by atoms with E-state index in [0.717, 1.165) is 24.4 Å². The number of hydrogen-bond acceptors (Lipinski definition) is 1. The molecule has 3 aromatic rings. The van der Waals surface area contributed by atoms with Crippen molar-refractivity contribution < 1.29 is 13.2 Å². The number of hydrogen-bond donors (Lipinski definition) is 1. The van der Waals surface area contributed by atoms with Crippen LogP contribution in [0.25, 0.3) is 23.2 Å². The molecule has 2 aliphatic rings. The molecule has 0 amide bonds. The number of aromatic nitrogens is 1. The summed E-state index contributed by atoms with van der Waals surface area (Å²) < 4.78 is 41.3. The highest BCUT2D eigenvalue weighted by atomic mass is 19.4. The average Bonchev–Trinajstić information content (AvgIpc) is 2.98. The van der Waals surface area contributed by atoms with Gasteiger partial charge in [-0.1, -0.05) is 23.8 Å². The van der Waals surface area contributed by atoms with Crippen LogP contribution in [0.2, 0.25) is 0 Å². The Balaban J connectivity index is 1.63. The predicted molar refractivity (Wildman–Crippen MR) is 111 cm³/mol. The van der Waals surface area contributed by atoms with Crippen LogP contribution in [0.1, 0.15) is 53.3 Å². The minimum absolute atomic E-state index is 0.366. The van der Waals surface area contributed by atoms with Crippen molar-refractivity contribution in [2.45, 2.75) is 50.9 Å². The number of piperidine rings is 1.